The lowest BCUT2D eigenvalue weighted by molar-refractivity contribution is 0.0384. The van der Waals surface area contributed by atoms with Crippen LogP contribution in [0.25, 0.3) is 0 Å². The molecule has 0 aromatic heterocycles. The molecular weight excluding hydrogens is 168 g/mol. The van der Waals surface area contributed by atoms with E-state index in [2.05, 4.69) is 0 Å². The molecule has 1 N–H and O–H groups in total. The molecule has 1 unspecified atom stereocenters. The molecule has 3 nitrogen and oxygen atoms in total. The molecule has 0 aliphatic heterocycles. The van der Waals surface area contributed by atoms with Crippen LogP contribution in [0.15, 0.2) is 0 Å². The number of halogens is 1. The predicted octanol–water partition coefficient (Wildman–Crippen LogP) is 0.639. The molecular formula is C7H15ClO3. The van der Waals surface area contributed by atoms with Crippen molar-refractivity contribution in [2.24, 2.45) is 0 Å². The van der Waals surface area contributed by atoms with E-state index in [1.165, 1.54) is 0 Å². The van der Waals surface area contributed by atoms with Crippen molar-refractivity contribution >= 4 is 11.6 Å². The lowest BCUT2D eigenvalue weighted by Gasteiger charge is -2.06. The number of methoxy groups -OCH3 is 1. The summed E-state index contributed by atoms with van der Waals surface area (Å²) in [7, 11) is 1.65. The second-order valence-corrected chi connectivity index (χ2v) is 2.54. The second kappa shape index (κ2) is 8.27. The van der Waals surface area contributed by atoms with Gasteiger partial charge in [-0.05, 0) is 6.42 Å². The quantitative estimate of drug-likeness (QED) is 0.464. The highest BCUT2D eigenvalue weighted by molar-refractivity contribution is 6.18. The minimum absolute atomic E-state index is 0.226. The average molecular weight is 183 g/mol. The van der Waals surface area contributed by atoms with Crippen molar-refractivity contribution in [2.45, 2.75) is 12.5 Å². The molecule has 11 heavy (non-hydrogen) atoms. The Morgan fingerprint density at radius 2 is 2.18 bits per heavy atom. The molecule has 0 bridgehead atoms. The summed E-state index contributed by atoms with van der Waals surface area (Å²) in [5.41, 5.74) is 0. The Labute approximate surface area is 72.3 Å². The van der Waals surface area contributed by atoms with Crippen molar-refractivity contribution in [3.63, 3.8) is 0 Å². The number of alkyl halides is 1. The second-order valence-electron chi connectivity index (χ2n) is 2.23. The highest BCUT2D eigenvalue weighted by Gasteiger charge is 2.00. The van der Waals surface area contributed by atoms with Gasteiger partial charge in [-0.1, -0.05) is 0 Å². The van der Waals surface area contributed by atoms with Gasteiger partial charge in [0.05, 0.1) is 18.6 Å². The van der Waals surface area contributed by atoms with Gasteiger partial charge in [-0.3, -0.25) is 0 Å². The smallest absolute Gasteiger partial charge is 0.0908 e. The Hall–Kier alpha value is 0.170. The van der Waals surface area contributed by atoms with Crippen LogP contribution in [-0.4, -0.2) is 44.0 Å². The molecule has 0 aromatic rings. The topological polar surface area (TPSA) is 38.7 Å². The Bertz CT molecular complexity index is 80.1. The van der Waals surface area contributed by atoms with E-state index in [9.17, 15) is 0 Å². The minimum atomic E-state index is -0.542. The van der Waals surface area contributed by atoms with Crippen molar-refractivity contribution < 1.29 is 14.6 Å². The van der Waals surface area contributed by atoms with E-state index in [1.807, 2.05) is 0 Å². The lowest BCUT2D eigenvalue weighted by atomic mass is 10.4. The highest BCUT2D eigenvalue weighted by Crippen LogP contribution is 1.90. The summed E-state index contributed by atoms with van der Waals surface area (Å²) >= 11 is 5.34. The molecule has 0 aliphatic rings. The van der Waals surface area contributed by atoms with Gasteiger partial charge in [-0.25, -0.2) is 0 Å². The zero-order valence-electron chi connectivity index (χ0n) is 6.75. The SMILES string of the molecule is COCCCOCC(O)CCl. The van der Waals surface area contributed by atoms with Crippen LogP contribution in [0, 0.1) is 0 Å². The summed E-state index contributed by atoms with van der Waals surface area (Å²) < 4.78 is 9.88. The maximum absolute atomic E-state index is 8.93. The Kier molecular flexibility index (Phi) is 8.40. The average Bonchev–Trinajstić information content (AvgIpc) is 2.04. The molecule has 0 saturated heterocycles. The predicted molar refractivity (Wildman–Crippen MR) is 44.0 cm³/mol. The summed E-state index contributed by atoms with van der Waals surface area (Å²) in [6, 6.07) is 0. The molecule has 0 saturated carbocycles. The van der Waals surface area contributed by atoms with E-state index in [1.54, 1.807) is 7.11 Å². The normalized spacial score (nSPS) is 13.4. The number of hydrogen-bond donors (Lipinski definition) is 1. The van der Waals surface area contributed by atoms with Gasteiger partial charge in [0.25, 0.3) is 0 Å². The van der Waals surface area contributed by atoms with Gasteiger partial charge < -0.3 is 14.6 Å². The third-order valence-corrected chi connectivity index (χ3v) is 1.48. The molecule has 4 heteroatoms. The monoisotopic (exact) mass is 182 g/mol. The molecule has 68 valence electrons. The first-order chi connectivity index (χ1) is 5.31. The lowest BCUT2D eigenvalue weighted by Crippen LogP contribution is -2.17. The van der Waals surface area contributed by atoms with E-state index >= 15 is 0 Å². The summed E-state index contributed by atoms with van der Waals surface area (Å²) in [6.45, 7) is 1.62. The largest absolute Gasteiger partial charge is 0.389 e. The standard InChI is InChI=1S/C7H15ClO3/c1-10-3-2-4-11-6-7(9)5-8/h7,9H,2-6H2,1H3. The maximum atomic E-state index is 8.93. The van der Waals surface area contributed by atoms with Crippen molar-refractivity contribution in [2.75, 3.05) is 32.8 Å². The van der Waals surface area contributed by atoms with E-state index in [0.717, 1.165) is 6.42 Å². The van der Waals surface area contributed by atoms with Gasteiger partial charge in [0.2, 0.25) is 0 Å². The molecule has 0 heterocycles. The first-order valence-corrected chi connectivity index (χ1v) is 4.15. The summed E-state index contributed by atoms with van der Waals surface area (Å²) in [4.78, 5) is 0. The van der Waals surface area contributed by atoms with Crippen LogP contribution in [0.5, 0.6) is 0 Å². The highest BCUT2D eigenvalue weighted by atomic mass is 35.5. The summed E-state index contributed by atoms with van der Waals surface area (Å²) in [5.74, 6) is 0.226. The van der Waals surface area contributed by atoms with Gasteiger partial charge in [0.15, 0.2) is 0 Å². The van der Waals surface area contributed by atoms with Crippen LogP contribution < -0.4 is 0 Å². The number of aliphatic hydroxyl groups is 1. The number of aliphatic hydroxyl groups excluding tert-OH is 1. The van der Waals surface area contributed by atoms with Crippen molar-refractivity contribution in [3.8, 4) is 0 Å². The molecule has 0 fully saturated rings. The Morgan fingerprint density at radius 1 is 1.45 bits per heavy atom. The molecule has 0 rings (SSSR count). The fraction of sp³-hybridized carbons (Fsp3) is 1.00. The minimum Gasteiger partial charge on any atom is -0.389 e. The molecule has 0 amide bonds. The van der Waals surface area contributed by atoms with Crippen molar-refractivity contribution in [3.05, 3.63) is 0 Å². The van der Waals surface area contributed by atoms with Crippen LogP contribution in [0.4, 0.5) is 0 Å². The van der Waals surface area contributed by atoms with E-state index in [0.29, 0.717) is 19.8 Å². The first-order valence-electron chi connectivity index (χ1n) is 3.62. The van der Waals surface area contributed by atoms with E-state index < -0.39 is 6.10 Å². The summed E-state index contributed by atoms with van der Waals surface area (Å²) in [5, 5.41) is 8.93. The fourth-order valence-corrected chi connectivity index (χ4v) is 0.658. The van der Waals surface area contributed by atoms with Crippen molar-refractivity contribution in [1.82, 2.24) is 0 Å². The van der Waals surface area contributed by atoms with Gasteiger partial charge in [0, 0.05) is 20.3 Å². The number of rotatable bonds is 7. The summed E-state index contributed by atoms with van der Waals surface area (Å²) in [6.07, 6.45) is 0.310. The molecule has 0 radical (unpaired) electrons. The van der Waals surface area contributed by atoms with Crippen LogP contribution in [0.2, 0.25) is 0 Å². The zero-order valence-corrected chi connectivity index (χ0v) is 7.51. The van der Waals surface area contributed by atoms with Gasteiger partial charge in [-0.15, -0.1) is 11.6 Å². The van der Waals surface area contributed by atoms with E-state index in [-0.39, 0.29) is 5.88 Å². The Balaban J connectivity index is 2.89. The van der Waals surface area contributed by atoms with Crippen LogP contribution in [0.3, 0.4) is 0 Å². The molecule has 0 spiro atoms. The molecule has 0 aromatic carbocycles. The van der Waals surface area contributed by atoms with Crippen LogP contribution in [-0.2, 0) is 9.47 Å². The van der Waals surface area contributed by atoms with Gasteiger partial charge in [0.1, 0.15) is 0 Å². The van der Waals surface area contributed by atoms with Crippen LogP contribution in [0.1, 0.15) is 6.42 Å². The third kappa shape index (κ3) is 8.07. The number of ether oxygens (including phenoxy) is 2. The Morgan fingerprint density at radius 3 is 2.73 bits per heavy atom. The van der Waals surface area contributed by atoms with Gasteiger partial charge in [-0.2, -0.15) is 0 Å². The fourth-order valence-electron chi connectivity index (χ4n) is 0.569. The number of hydrogen-bond acceptors (Lipinski definition) is 3. The van der Waals surface area contributed by atoms with E-state index in [4.69, 9.17) is 26.2 Å². The molecule has 1 atom stereocenters. The van der Waals surface area contributed by atoms with Gasteiger partial charge >= 0.3 is 0 Å². The van der Waals surface area contributed by atoms with Crippen LogP contribution >= 0.6 is 11.6 Å². The molecule has 0 aliphatic carbocycles. The maximum Gasteiger partial charge on any atom is 0.0908 e. The zero-order chi connectivity index (χ0) is 8.53. The third-order valence-electron chi connectivity index (χ3n) is 1.13. The first kappa shape index (κ1) is 11.2. The van der Waals surface area contributed by atoms with Crippen molar-refractivity contribution in [1.29, 1.82) is 0 Å².